The summed E-state index contributed by atoms with van der Waals surface area (Å²) in [7, 11) is 1.47. The van der Waals surface area contributed by atoms with E-state index in [9.17, 15) is 4.79 Å². The second kappa shape index (κ2) is 6.44. The van der Waals surface area contributed by atoms with E-state index in [2.05, 4.69) is 10.3 Å². The van der Waals surface area contributed by atoms with Gasteiger partial charge in [0.2, 0.25) is 0 Å². The van der Waals surface area contributed by atoms with Crippen molar-refractivity contribution in [3.8, 4) is 5.75 Å². The van der Waals surface area contributed by atoms with Gasteiger partial charge >= 0.3 is 0 Å². The molecule has 0 aliphatic carbocycles. The highest BCUT2D eigenvalue weighted by molar-refractivity contribution is 6.37. The zero-order valence-corrected chi connectivity index (χ0v) is 13.7. The number of rotatable bonds is 3. The molecule has 0 fully saturated rings. The quantitative estimate of drug-likeness (QED) is 0.740. The summed E-state index contributed by atoms with van der Waals surface area (Å²) in [6.07, 6.45) is 1.60. The number of hydrogen-bond acceptors (Lipinski definition) is 3. The molecule has 0 bridgehead atoms. The molecule has 4 nitrogen and oxygen atoms in total. The molecule has 0 radical (unpaired) electrons. The fourth-order valence-electron chi connectivity index (χ4n) is 2.23. The van der Waals surface area contributed by atoms with E-state index in [0.717, 1.165) is 10.9 Å². The Morgan fingerprint density at radius 2 is 1.83 bits per heavy atom. The molecule has 1 aromatic heterocycles. The maximum absolute atomic E-state index is 12.4. The lowest BCUT2D eigenvalue weighted by Crippen LogP contribution is -2.12. The topological polar surface area (TPSA) is 51.2 Å². The zero-order chi connectivity index (χ0) is 16.4. The molecule has 0 unspecified atom stereocenters. The van der Waals surface area contributed by atoms with Crippen molar-refractivity contribution >= 4 is 45.7 Å². The van der Waals surface area contributed by atoms with E-state index in [1.54, 1.807) is 6.20 Å². The third-order valence-electron chi connectivity index (χ3n) is 3.31. The van der Waals surface area contributed by atoms with Crippen LogP contribution in [0.1, 0.15) is 10.4 Å². The third-order valence-corrected chi connectivity index (χ3v) is 3.87. The van der Waals surface area contributed by atoms with Gasteiger partial charge < -0.3 is 10.1 Å². The number of hydrogen-bond donors (Lipinski definition) is 1. The van der Waals surface area contributed by atoms with Gasteiger partial charge in [0.15, 0.2) is 5.75 Å². The summed E-state index contributed by atoms with van der Waals surface area (Å²) in [6, 6.07) is 12.5. The molecule has 0 spiro atoms. The Morgan fingerprint density at radius 1 is 1.13 bits per heavy atom. The lowest BCUT2D eigenvalue weighted by molar-refractivity contribution is 0.102. The Labute approximate surface area is 143 Å². The van der Waals surface area contributed by atoms with Crippen molar-refractivity contribution in [3.05, 3.63) is 64.3 Å². The van der Waals surface area contributed by atoms with Crippen molar-refractivity contribution in [2.24, 2.45) is 0 Å². The highest BCUT2D eigenvalue weighted by Crippen LogP contribution is 2.34. The molecule has 1 amide bonds. The molecule has 1 heterocycles. The lowest BCUT2D eigenvalue weighted by Gasteiger charge is -2.10. The van der Waals surface area contributed by atoms with E-state index >= 15 is 0 Å². The molecule has 1 N–H and O–H groups in total. The molecule has 116 valence electrons. The summed E-state index contributed by atoms with van der Waals surface area (Å²) >= 11 is 12.1. The molecule has 6 heteroatoms. The average molecular weight is 347 g/mol. The number of anilines is 1. The Kier molecular flexibility index (Phi) is 4.37. The van der Waals surface area contributed by atoms with Crippen LogP contribution in [0, 0.1) is 0 Å². The minimum atomic E-state index is -0.325. The smallest absolute Gasteiger partial charge is 0.255 e. The molecular weight excluding hydrogens is 335 g/mol. The van der Waals surface area contributed by atoms with Crippen LogP contribution in [0.15, 0.2) is 48.7 Å². The first kappa shape index (κ1) is 15.6. The first-order valence-corrected chi connectivity index (χ1v) is 7.53. The number of benzene rings is 2. The van der Waals surface area contributed by atoms with Crippen LogP contribution in [0.2, 0.25) is 10.0 Å². The molecule has 0 saturated heterocycles. The normalized spacial score (nSPS) is 10.6. The Balaban J connectivity index is 1.88. The van der Waals surface area contributed by atoms with Gasteiger partial charge in [-0.2, -0.15) is 0 Å². The minimum Gasteiger partial charge on any atom is -0.494 e. The van der Waals surface area contributed by atoms with Crippen LogP contribution in [-0.4, -0.2) is 18.0 Å². The van der Waals surface area contributed by atoms with Crippen LogP contribution >= 0.6 is 23.2 Å². The number of methoxy groups -OCH3 is 1. The largest absolute Gasteiger partial charge is 0.494 e. The molecule has 2 aromatic carbocycles. The molecule has 0 atom stereocenters. The second-order valence-corrected chi connectivity index (χ2v) is 5.66. The molecule has 3 rings (SSSR count). The van der Waals surface area contributed by atoms with E-state index in [1.165, 1.54) is 19.2 Å². The van der Waals surface area contributed by atoms with Crippen molar-refractivity contribution in [2.45, 2.75) is 0 Å². The van der Waals surface area contributed by atoms with Gasteiger partial charge in [0.1, 0.15) is 0 Å². The van der Waals surface area contributed by atoms with E-state index < -0.39 is 0 Å². The molecular formula is C17H12Cl2N2O2. The Morgan fingerprint density at radius 3 is 2.52 bits per heavy atom. The number of pyridine rings is 1. The van der Waals surface area contributed by atoms with E-state index in [4.69, 9.17) is 27.9 Å². The predicted octanol–water partition coefficient (Wildman–Crippen LogP) is 4.80. The first-order valence-electron chi connectivity index (χ1n) is 6.77. The maximum Gasteiger partial charge on any atom is 0.255 e. The van der Waals surface area contributed by atoms with Crippen molar-refractivity contribution in [1.82, 2.24) is 4.98 Å². The fraction of sp³-hybridized carbons (Fsp3) is 0.0588. The number of aromatic nitrogens is 1. The van der Waals surface area contributed by atoms with E-state index in [0.29, 0.717) is 17.0 Å². The fourth-order valence-corrected chi connectivity index (χ4v) is 2.87. The monoisotopic (exact) mass is 346 g/mol. The van der Waals surface area contributed by atoms with Crippen molar-refractivity contribution in [1.29, 1.82) is 0 Å². The number of nitrogens with zero attached hydrogens (tertiary/aromatic N) is 1. The zero-order valence-electron chi connectivity index (χ0n) is 12.1. The van der Waals surface area contributed by atoms with Gasteiger partial charge in [-0.25, -0.2) is 0 Å². The van der Waals surface area contributed by atoms with Crippen LogP contribution in [-0.2, 0) is 0 Å². The Bertz CT molecular complexity index is 874. The summed E-state index contributed by atoms with van der Waals surface area (Å²) in [6.45, 7) is 0. The summed E-state index contributed by atoms with van der Waals surface area (Å²) in [5.41, 5.74) is 1.80. The van der Waals surface area contributed by atoms with Gasteiger partial charge in [-0.1, -0.05) is 41.4 Å². The van der Waals surface area contributed by atoms with Gasteiger partial charge in [-0.3, -0.25) is 9.78 Å². The summed E-state index contributed by atoms with van der Waals surface area (Å²) in [5, 5.41) is 4.28. The van der Waals surface area contributed by atoms with Crippen LogP contribution in [0.4, 0.5) is 5.69 Å². The van der Waals surface area contributed by atoms with Gasteiger partial charge in [0.05, 0.1) is 34.6 Å². The number of carbonyl (C=O) groups is 1. The highest BCUT2D eigenvalue weighted by atomic mass is 35.5. The van der Waals surface area contributed by atoms with Crippen LogP contribution in [0.5, 0.6) is 5.75 Å². The first-order chi connectivity index (χ1) is 11.1. The van der Waals surface area contributed by atoms with Crippen molar-refractivity contribution in [3.63, 3.8) is 0 Å². The van der Waals surface area contributed by atoms with Crippen molar-refractivity contribution < 1.29 is 9.53 Å². The van der Waals surface area contributed by atoms with E-state index in [1.807, 2.05) is 30.3 Å². The SMILES string of the molecule is COc1c(Cl)cc(C(=O)Nc2cnc3ccccc3c2)cc1Cl. The third kappa shape index (κ3) is 3.23. The maximum atomic E-state index is 12.4. The molecule has 0 aliphatic rings. The number of nitrogens with one attached hydrogen (secondary N) is 1. The Hall–Kier alpha value is -2.30. The van der Waals surface area contributed by atoms with E-state index in [-0.39, 0.29) is 16.0 Å². The number of para-hydroxylation sites is 1. The number of fused-ring (bicyclic) bond motifs is 1. The average Bonchev–Trinajstić information content (AvgIpc) is 2.54. The summed E-state index contributed by atoms with van der Waals surface area (Å²) in [5.74, 6) is 0.0192. The lowest BCUT2D eigenvalue weighted by atomic mass is 10.2. The van der Waals surface area contributed by atoms with Crippen LogP contribution in [0.25, 0.3) is 10.9 Å². The number of carbonyl (C=O) groups excluding carboxylic acids is 1. The predicted molar refractivity (Wildman–Crippen MR) is 92.7 cm³/mol. The molecule has 3 aromatic rings. The van der Waals surface area contributed by atoms with Gasteiger partial charge in [-0.05, 0) is 24.3 Å². The van der Waals surface area contributed by atoms with Gasteiger partial charge in [0.25, 0.3) is 5.91 Å². The van der Waals surface area contributed by atoms with Gasteiger partial charge in [-0.15, -0.1) is 0 Å². The molecule has 23 heavy (non-hydrogen) atoms. The summed E-state index contributed by atoms with van der Waals surface area (Å²) < 4.78 is 5.07. The van der Waals surface area contributed by atoms with Crippen LogP contribution in [0.3, 0.4) is 0 Å². The molecule has 0 saturated carbocycles. The minimum absolute atomic E-state index is 0.279. The number of halogens is 2. The van der Waals surface area contributed by atoms with Crippen molar-refractivity contribution in [2.75, 3.05) is 12.4 Å². The highest BCUT2D eigenvalue weighted by Gasteiger charge is 2.14. The van der Waals surface area contributed by atoms with Gasteiger partial charge in [0, 0.05) is 10.9 Å². The standard InChI is InChI=1S/C17H12Cl2N2O2/c1-23-16-13(18)7-11(8-14(16)19)17(22)21-12-6-10-4-2-3-5-15(10)20-9-12/h2-9H,1H3,(H,21,22). The number of amides is 1. The van der Waals surface area contributed by atoms with Crippen LogP contribution < -0.4 is 10.1 Å². The summed E-state index contributed by atoms with van der Waals surface area (Å²) in [4.78, 5) is 16.7. The molecule has 0 aliphatic heterocycles. The number of ether oxygens (including phenoxy) is 1. The second-order valence-electron chi connectivity index (χ2n) is 4.84.